The predicted molar refractivity (Wildman–Crippen MR) is 88.2 cm³/mol. The summed E-state index contributed by atoms with van der Waals surface area (Å²) in [5.41, 5.74) is 7.61. The molecule has 4 rings (SSSR count). The van der Waals surface area contributed by atoms with Crippen molar-refractivity contribution in [3.05, 3.63) is 17.1 Å². The summed E-state index contributed by atoms with van der Waals surface area (Å²) in [7, 11) is 0. The van der Waals surface area contributed by atoms with E-state index in [1.807, 2.05) is 0 Å². The number of hydrogen-bond donors (Lipinski definition) is 3. The molecule has 3 aliphatic rings. The Labute approximate surface area is 140 Å². The van der Waals surface area contributed by atoms with E-state index in [1.165, 1.54) is 0 Å². The lowest BCUT2D eigenvalue weighted by molar-refractivity contribution is -0.134. The van der Waals surface area contributed by atoms with Crippen LogP contribution in [0.1, 0.15) is 54.0 Å². The second kappa shape index (κ2) is 6.72. The highest BCUT2D eigenvalue weighted by atomic mass is 16.4. The zero-order valence-corrected chi connectivity index (χ0v) is 13.8. The fourth-order valence-electron chi connectivity index (χ4n) is 3.06. The van der Waals surface area contributed by atoms with E-state index >= 15 is 0 Å². The molecular formula is C16H23N5O3. The number of nitrogens with two attached hydrogens (primary N) is 1. The summed E-state index contributed by atoms with van der Waals surface area (Å²) >= 11 is 0. The predicted octanol–water partition coefficient (Wildman–Crippen LogP) is 0.268. The smallest absolute Gasteiger partial charge is 0.300 e. The zero-order valence-electron chi connectivity index (χ0n) is 13.8. The molecule has 24 heavy (non-hydrogen) atoms. The number of nitrogens with zero attached hydrogens (tertiary/aromatic N) is 3. The number of aromatic nitrogens is 2. The fourth-order valence-corrected chi connectivity index (χ4v) is 3.06. The molecule has 0 radical (unpaired) electrons. The fraction of sp³-hybridized carbons (Fsp3) is 0.625. The molecule has 1 aromatic rings. The molecule has 1 aliphatic carbocycles. The van der Waals surface area contributed by atoms with Crippen molar-refractivity contribution in [2.75, 3.05) is 24.5 Å². The number of rotatable bonds is 2. The molecule has 1 amide bonds. The van der Waals surface area contributed by atoms with Crippen LogP contribution in [0.5, 0.6) is 0 Å². The van der Waals surface area contributed by atoms with E-state index in [2.05, 4.69) is 15.2 Å². The minimum atomic E-state index is -0.833. The van der Waals surface area contributed by atoms with Crippen LogP contribution in [0.3, 0.4) is 0 Å². The van der Waals surface area contributed by atoms with Gasteiger partial charge in [-0.1, -0.05) is 0 Å². The quantitative estimate of drug-likeness (QED) is 0.710. The summed E-state index contributed by atoms with van der Waals surface area (Å²) in [6, 6.07) is 0.211. The monoisotopic (exact) mass is 333 g/mol. The van der Waals surface area contributed by atoms with Gasteiger partial charge in [-0.3, -0.25) is 9.59 Å². The molecule has 1 aromatic heterocycles. The molecule has 1 unspecified atom stereocenters. The van der Waals surface area contributed by atoms with Crippen molar-refractivity contribution in [3.63, 3.8) is 0 Å². The molecule has 2 aliphatic heterocycles. The van der Waals surface area contributed by atoms with Gasteiger partial charge in [0.05, 0.1) is 0 Å². The third-order valence-electron chi connectivity index (χ3n) is 4.34. The van der Waals surface area contributed by atoms with Crippen molar-refractivity contribution in [3.8, 4) is 0 Å². The molecule has 4 N–H and O–H groups in total. The minimum absolute atomic E-state index is 0.0553. The molecule has 0 spiro atoms. The zero-order chi connectivity index (χ0) is 17.3. The number of carbonyl (C=O) groups is 2. The maximum absolute atomic E-state index is 12.1. The maximum atomic E-state index is 12.1. The van der Waals surface area contributed by atoms with Gasteiger partial charge in [-0.2, -0.15) is 0 Å². The summed E-state index contributed by atoms with van der Waals surface area (Å²) < 4.78 is 0. The van der Waals surface area contributed by atoms with E-state index < -0.39 is 5.97 Å². The molecular weight excluding hydrogens is 310 g/mol. The Bertz CT molecular complexity index is 655. The molecule has 1 saturated carbocycles. The van der Waals surface area contributed by atoms with Gasteiger partial charge in [0.2, 0.25) is 0 Å². The van der Waals surface area contributed by atoms with Gasteiger partial charge < -0.3 is 21.1 Å². The van der Waals surface area contributed by atoms with Crippen LogP contribution in [0.15, 0.2) is 0 Å². The number of nitrogens with one attached hydrogen (secondary N) is 1. The Kier molecular flexibility index (Phi) is 4.66. The van der Waals surface area contributed by atoms with Crippen molar-refractivity contribution >= 4 is 17.7 Å². The van der Waals surface area contributed by atoms with Crippen molar-refractivity contribution in [1.82, 2.24) is 15.3 Å². The van der Waals surface area contributed by atoms with Gasteiger partial charge in [0.25, 0.3) is 11.9 Å². The van der Waals surface area contributed by atoms with E-state index in [1.54, 1.807) is 0 Å². The first kappa shape index (κ1) is 16.6. The van der Waals surface area contributed by atoms with Gasteiger partial charge in [-0.15, -0.1) is 0 Å². The highest BCUT2D eigenvalue weighted by Crippen LogP contribution is 2.40. The van der Waals surface area contributed by atoms with E-state index in [-0.39, 0.29) is 11.9 Å². The van der Waals surface area contributed by atoms with Gasteiger partial charge in [0.1, 0.15) is 17.3 Å². The average Bonchev–Trinajstić information content (AvgIpc) is 3.28. The molecule has 1 saturated heterocycles. The Hall–Kier alpha value is -2.22. The van der Waals surface area contributed by atoms with Crippen LogP contribution in [0, 0.1) is 0 Å². The molecule has 1 atom stereocenters. The molecule has 3 heterocycles. The molecule has 2 fully saturated rings. The van der Waals surface area contributed by atoms with Crippen LogP contribution in [0.4, 0.5) is 5.82 Å². The number of amides is 1. The van der Waals surface area contributed by atoms with Crippen LogP contribution in [0.2, 0.25) is 0 Å². The summed E-state index contributed by atoms with van der Waals surface area (Å²) in [5, 5.41) is 10.3. The third kappa shape index (κ3) is 3.64. The topological polar surface area (TPSA) is 121 Å². The van der Waals surface area contributed by atoms with Gasteiger partial charge in [0.15, 0.2) is 0 Å². The Balaban J connectivity index is 0.000000383. The highest BCUT2D eigenvalue weighted by molar-refractivity contribution is 5.96. The van der Waals surface area contributed by atoms with E-state index in [0.717, 1.165) is 62.9 Å². The maximum Gasteiger partial charge on any atom is 0.300 e. The molecule has 8 nitrogen and oxygen atoms in total. The number of carboxylic acid groups (broad SMARTS) is 1. The largest absolute Gasteiger partial charge is 0.481 e. The van der Waals surface area contributed by atoms with Gasteiger partial charge in [-0.05, 0) is 25.7 Å². The average molecular weight is 333 g/mol. The number of carboxylic acids is 1. The first-order chi connectivity index (χ1) is 11.5. The summed E-state index contributed by atoms with van der Waals surface area (Å²) in [6.07, 6.45) is 4.08. The van der Waals surface area contributed by atoms with Crippen LogP contribution >= 0.6 is 0 Å². The van der Waals surface area contributed by atoms with Crippen molar-refractivity contribution in [1.29, 1.82) is 0 Å². The highest BCUT2D eigenvalue weighted by Gasteiger charge is 2.33. The van der Waals surface area contributed by atoms with Crippen LogP contribution in [0.25, 0.3) is 0 Å². The number of hydrogen-bond acceptors (Lipinski definition) is 6. The lowest BCUT2D eigenvalue weighted by atomic mass is 10.1. The Morgan fingerprint density at radius 2 is 2.04 bits per heavy atom. The summed E-state index contributed by atoms with van der Waals surface area (Å²) in [6.45, 7) is 3.51. The SMILES string of the molecule is CC(=O)O.NC1CCN(c2nc(C3CC3)nc3c2CCNC3=O)C1. The van der Waals surface area contributed by atoms with Crippen LogP contribution in [-0.4, -0.2) is 52.6 Å². The Morgan fingerprint density at radius 3 is 2.62 bits per heavy atom. The minimum Gasteiger partial charge on any atom is -0.481 e. The van der Waals surface area contributed by atoms with E-state index in [0.29, 0.717) is 18.2 Å². The molecule has 0 aromatic carbocycles. The summed E-state index contributed by atoms with van der Waals surface area (Å²) in [5.74, 6) is 1.36. The second-order valence-corrected chi connectivity index (χ2v) is 6.53. The van der Waals surface area contributed by atoms with Gasteiger partial charge in [0, 0.05) is 44.1 Å². The molecule has 0 bridgehead atoms. The van der Waals surface area contributed by atoms with Crippen LogP contribution < -0.4 is 16.0 Å². The number of carbonyl (C=O) groups excluding carboxylic acids is 1. The van der Waals surface area contributed by atoms with Gasteiger partial charge >= 0.3 is 0 Å². The standard InChI is InChI=1S/C14H19N5O.C2H4O2/c15-9-4-6-19(7-9)13-10-3-5-16-14(20)11(10)17-12(18-13)8-1-2-8;1-2(3)4/h8-9H,1-7,15H2,(H,16,20);1H3,(H,3,4). The number of fused-ring (bicyclic) bond motifs is 1. The lowest BCUT2D eigenvalue weighted by Gasteiger charge is -2.25. The van der Waals surface area contributed by atoms with E-state index in [4.69, 9.17) is 20.6 Å². The van der Waals surface area contributed by atoms with Crippen molar-refractivity contribution in [2.24, 2.45) is 5.73 Å². The van der Waals surface area contributed by atoms with Crippen molar-refractivity contribution < 1.29 is 14.7 Å². The first-order valence-corrected chi connectivity index (χ1v) is 8.34. The normalized spacial score (nSPS) is 22.3. The lowest BCUT2D eigenvalue weighted by Crippen LogP contribution is -2.36. The summed E-state index contributed by atoms with van der Waals surface area (Å²) in [4.78, 5) is 32.6. The van der Waals surface area contributed by atoms with Gasteiger partial charge in [-0.25, -0.2) is 9.97 Å². The third-order valence-corrected chi connectivity index (χ3v) is 4.34. The van der Waals surface area contributed by atoms with Crippen molar-refractivity contribution in [2.45, 2.75) is 44.6 Å². The second-order valence-electron chi connectivity index (χ2n) is 6.53. The number of anilines is 1. The molecule has 8 heteroatoms. The molecule has 130 valence electrons. The Morgan fingerprint density at radius 1 is 1.33 bits per heavy atom. The number of aliphatic carboxylic acids is 1. The van der Waals surface area contributed by atoms with E-state index in [9.17, 15) is 4.79 Å². The van der Waals surface area contributed by atoms with Crippen LogP contribution in [-0.2, 0) is 11.2 Å². The first-order valence-electron chi connectivity index (χ1n) is 8.34.